The smallest absolute Gasteiger partial charge is 0.325 e. The number of hydrogen-bond donors (Lipinski definition) is 1. The number of halogens is 1. The third-order valence-corrected chi connectivity index (χ3v) is 3.65. The van der Waals surface area contributed by atoms with E-state index in [2.05, 4.69) is 5.32 Å². The van der Waals surface area contributed by atoms with Gasteiger partial charge in [0.1, 0.15) is 11.9 Å². The maximum absolute atomic E-state index is 13.5. The van der Waals surface area contributed by atoms with E-state index in [1.807, 2.05) is 6.26 Å². The SMILES string of the molecule is CSCCC1NC(=O)N(Cc2ccccc2F)C1=O. The van der Waals surface area contributed by atoms with Crippen LogP contribution in [-0.2, 0) is 11.3 Å². The molecule has 102 valence electrons. The van der Waals surface area contributed by atoms with E-state index < -0.39 is 17.9 Å². The number of nitrogens with zero attached hydrogens (tertiary/aromatic N) is 1. The van der Waals surface area contributed by atoms with Crippen LogP contribution in [0.3, 0.4) is 0 Å². The van der Waals surface area contributed by atoms with Crippen LogP contribution in [0.1, 0.15) is 12.0 Å². The molecule has 1 aromatic carbocycles. The van der Waals surface area contributed by atoms with Gasteiger partial charge in [-0.25, -0.2) is 9.18 Å². The second kappa shape index (κ2) is 6.06. The van der Waals surface area contributed by atoms with Crippen LogP contribution in [-0.4, -0.2) is 34.9 Å². The Bertz CT molecular complexity index is 495. The molecule has 0 radical (unpaired) electrons. The van der Waals surface area contributed by atoms with E-state index in [9.17, 15) is 14.0 Å². The second-order valence-electron chi connectivity index (χ2n) is 4.30. The summed E-state index contributed by atoms with van der Waals surface area (Å²) in [4.78, 5) is 24.9. The van der Waals surface area contributed by atoms with E-state index in [1.54, 1.807) is 30.0 Å². The van der Waals surface area contributed by atoms with Gasteiger partial charge in [-0.1, -0.05) is 18.2 Å². The number of urea groups is 1. The Morgan fingerprint density at radius 3 is 2.79 bits per heavy atom. The molecule has 0 saturated carbocycles. The molecule has 1 N–H and O–H groups in total. The van der Waals surface area contributed by atoms with Crippen molar-refractivity contribution in [2.75, 3.05) is 12.0 Å². The molecule has 1 fully saturated rings. The van der Waals surface area contributed by atoms with E-state index in [1.165, 1.54) is 6.07 Å². The molecule has 0 bridgehead atoms. The first-order chi connectivity index (χ1) is 9.13. The normalized spacial score (nSPS) is 18.8. The van der Waals surface area contributed by atoms with Crippen LogP contribution in [0, 0.1) is 5.82 Å². The Morgan fingerprint density at radius 2 is 2.11 bits per heavy atom. The number of carbonyl (C=O) groups is 2. The first kappa shape index (κ1) is 13.9. The molecule has 0 aliphatic carbocycles. The molecule has 2 rings (SSSR count). The average molecular weight is 282 g/mol. The van der Waals surface area contributed by atoms with Gasteiger partial charge in [0.15, 0.2) is 0 Å². The number of rotatable bonds is 5. The van der Waals surface area contributed by atoms with Crippen LogP contribution in [0.15, 0.2) is 24.3 Å². The van der Waals surface area contributed by atoms with Crippen molar-refractivity contribution in [3.8, 4) is 0 Å². The van der Waals surface area contributed by atoms with Crippen molar-refractivity contribution in [2.24, 2.45) is 0 Å². The molecule has 19 heavy (non-hydrogen) atoms. The molecule has 0 aromatic heterocycles. The minimum Gasteiger partial charge on any atom is -0.326 e. The van der Waals surface area contributed by atoms with Gasteiger partial charge >= 0.3 is 6.03 Å². The monoisotopic (exact) mass is 282 g/mol. The molecule has 1 atom stereocenters. The van der Waals surface area contributed by atoms with Gasteiger partial charge in [0.25, 0.3) is 5.91 Å². The highest BCUT2D eigenvalue weighted by atomic mass is 32.2. The van der Waals surface area contributed by atoms with Gasteiger partial charge in [-0.05, 0) is 24.5 Å². The summed E-state index contributed by atoms with van der Waals surface area (Å²) >= 11 is 1.62. The first-order valence-corrected chi connectivity index (χ1v) is 7.37. The zero-order valence-corrected chi connectivity index (χ0v) is 11.4. The number of amides is 3. The topological polar surface area (TPSA) is 49.4 Å². The lowest BCUT2D eigenvalue weighted by molar-refractivity contribution is -0.127. The van der Waals surface area contributed by atoms with E-state index in [0.29, 0.717) is 12.0 Å². The van der Waals surface area contributed by atoms with Gasteiger partial charge < -0.3 is 5.32 Å². The summed E-state index contributed by atoms with van der Waals surface area (Å²) in [6.45, 7) is -0.0207. The molecule has 4 nitrogen and oxygen atoms in total. The lowest BCUT2D eigenvalue weighted by Gasteiger charge is -2.13. The summed E-state index contributed by atoms with van der Waals surface area (Å²) in [7, 11) is 0. The fourth-order valence-corrected chi connectivity index (χ4v) is 2.43. The zero-order chi connectivity index (χ0) is 13.8. The minimum absolute atomic E-state index is 0.0207. The summed E-state index contributed by atoms with van der Waals surface area (Å²) in [5.41, 5.74) is 0.344. The van der Waals surface area contributed by atoms with Crippen molar-refractivity contribution in [3.63, 3.8) is 0 Å². The fraction of sp³-hybridized carbons (Fsp3) is 0.385. The number of benzene rings is 1. The van der Waals surface area contributed by atoms with Crippen LogP contribution >= 0.6 is 11.8 Å². The van der Waals surface area contributed by atoms with Crippen molar-refractivity contribution in [2.45, 2.75) is 19.0 Å². The number of carbonyl (C=O) groups excluding carboxylic acids is 2. The van der Waals surface area contributed by atoms with Crippen LogP contribution in [0.25, 0.3) is 0 Å². The Labute approximate surface area is 115 Å². The number of hydrogen-bond acceptors (Lipinski definition) is 3. The lowest BCUT2D eigenvalue weighted by Crippen LogP contribution is -2.31. The Kier molecular flexibility index (Phi) is 4.42. The van der Waals surface area contributed by atoms with Crippen molar-refractivity contribution >= 4 is 23.7 Å². The average Bonchev–Trinajstić information content (AvgIpc) is 2.66. The summed E-state index contributed by atoms with van der Waals surface area (Å²) in [6.07, 6.45) is 2.54. The van der Waals surface area contributed by atoms with Crippen LogP contribution in [0.2, 0.25) is 0 Å². The molecule has 3 amide bonds. The molecule has 0 spiro atoms. The highest BCUT2D eigenvalue weighted by Crippen LogP contribution is 2.16. The van der Waals surface area contributed by atoms with Gasteiger partial charge in [0, 0.05) is 5.56 Å². The minimum atomic E-state index is -0.480. The Balaban J connectivity index is 2.07. The van der Waals surface area contributed by atoms with Crippen LogP contribution in [0.4, 0.5) is 9.18 Å². The first-order valence-electron chi connectivity index (χ1n) is 5.97. The molecule has 1 aliphatic heterocycles. The van der Waals surface area contributed by atoms with Crippen molar-refractivity contribution < 1.29 is 14.0 Å². The van der Waals surface area contributed by atoms with E-state index >= 15 is 0 Å². The molecular weight excluding hydrogens is 267 g/mol. The molecule has 1 aliphatic rings. The van der Waals surface area contributed by atoms with Gasteiger partial charge in [-0.3, -0.25) is 9.69 Å². The highest BCUT2D eigenvalue weighted by molar-refractivity contribution is 7.98. The molecule has 6 heteroatoms. The quantitative estimate of drug-likeness (QED) is 0.840. The molecule has 1 aromatic rings. The maximum atomic E-state index is 13.5. The van der Waals surface area contributed by atoms with Crippen molar-refractivity contribution in [1.29, 1.82) is 0 Å². The highest BCUT2D eigenvalue weighted by Gasteiger charge is 2.37. The summed E-state index contributed by atoms with van der Waals surface area (Å²) < 4.78 is 13.5. The third kappa shape index (κ3) is 3.07. The van der Waals surface area contributed by atoms with Gasteiger partial charge in [0.05, 0.1) is 6.54 Å². The Morgan fingerprint density at radius 1 is 1.37 bits per heavy atom. The van der Waals surface area contributed by atoms with Gasteiger partial charge in [-0.2, -0.15) is 11.8 Å². The van der Waals surface area contributed by atoms with Gasteiger partial charge in [0.2, 0.25) is 0 Å². The summed E-state index contributed by atoms with van der Waals surface area (Å²) in [5, 5.41) is 2.63. The van der Waals surface area contributed by atoms with E-state index in [0.717, 1.165) is 10.7 Å². The third-order valence-electron chi connectivity index (χ3n) is 3.00. The van der Waals surface area contributed by atoms with Crippen molar-refractivity contribution in [1.82, 2.24) is 10.2 Å². The molecule has 1 unspecified atom stereocenters. The Hall–Kier alpha value is -1.56. The maximum Gasteiger partial charge on any atom is 0.325 e. The fourth-order valence-electron chi connectivity index (χ4n) is 1.95. The largest absolute Gasteiger partial charge is 0.326 e. The van der Waals surface area contributed by atoms with E-state index in [-0.39, 0.29) is 12.5 Å². The zero-order valence-electron chi connectivity index (χ0n) is 10.6. The number of thioether (sulfide) groups is 1. The summed E-state index contributed by atoms with van der Waals surface area (Å²) in [6, 6.07) is 5.23. The summed E-state index contributed by atoms with van der Waals surface area (Å²) in [5.74, 6) is 0.113. The standard InChI is InChI=1S/C13H15FN2O2S/c1-19-7-6-11-12(17)16(13(18)15-11)8-9-4-2-3-5-10(9)14/h2-5,11H,6-8H2,1H3,(H,15,18). The number of nitrogens with one attached hydrogen (secondary N) is 1. The second-order valence-corrected chi connectivity index (χ2v) is 5.28. The van der Waals surface area contributed by atoms with Crippen molar-refractivity contribution in [3.05, 3.63) is 35.6 Å². The van der Waals surface area contributed by atoms with Gasteiger partial charge in [-0.15, -0.1) is 0 Å². The number of imide groups is 1. The molecule has 1 saturated heterocycles. The van der Waals surface area contributed by atoms with Crippen LogP contribution < -0.4 is 5.32 Å². The lowest BCUT2D eigenvalue weighted by atomic mass is 10.2. The predicted molar refractivity (Wildman–Crippen MR) is 72.3 cm³/mol. The predicted octanol–water partition coefficient (Wildman–Crippen LogP) is 2.00. The molecule has 1 heterocycles. The van der Waals surface area contributed by atoms with Crippen LogP contribution in [0.5, 0.6) is 0 Å². The van der Waals surface area contributed by atoms with E-state index in [4.69, 9.17) is 0 Å². The molecular formula is C13H15FN2O2S.